The zero-order chi connectivity index (χ0) is 23.8. The molecule has 0 aromatic heterocycles. The fourth-order valence-electron chi connectivity index (χ4n) is 4.03. The van der Waals surface area contributed by atoms with Gasteiger partial charge in [0.25, 0.3) is 0 Å². The van der Waals surface area contributed by atoms with Crippen LogP contribution < -0.4 is 10.2 Å². The first-order valence-corrected chi connectivity index (χ1v) is 11.5. The molecule has 3 rings (SSSR count). The number of hydrogen-bond donors (Lipinski definition) is 2. The van der Waals surface area contributed by atoms with Crippen molar-refractivity contribution in [3.05, 3.63) is 23.2 Å². The quantitative estimate of drug-likeness (QED) is 0.298. The lowest BCUT2D eigenvalue weighted by Gasteiger charge is -2.31. The molecule has 1 aromatic carbocycles. The average Bonchev–Trinajstić information content (AvgIpc) is 3.33. The highest BCUT2D eigenvalue weighted by Gasteiger charge is 2.38. The predicted molar refractivity (Wildman–Crippen MR) is 122 cm³/mol. The van der Waals surface area contributed by atoms with Gasteiger partial charge in [0.15, 0.2) is 0 Å². The van der Waals surface area contributed by atoms with Gasteiger partial charge in [-0.1, -0.05) is 37.4 Å². The van der Waals surface area contributed by atoms with Crippen LogP contribution in [0.2, 0.25) is 5.02 Å². The Morgan fingerprint density at radius 1 is 1.33 bits per heavy atom. The molecule has 2 atom stereocenters. The van der Waals surface area contributed by atoms with E-state index in [1.54, 1.807) is 6.07 Å². The summed E-state index contributed by atoms with van der Waals surface area (Å²) in [5.74, 6) is -1.38. The second-order valence-corrected chi connectivity index (χ2v) is 8.52. The van der Waals surface area contributed by atoms with Crippen molar-refractivity contribution in [2.75, 3.05) is 56.4 Å². The Morgan fingerprint density at radius 2 is 2.09 bits per heavy atom. The van der Waals surface area contributed by atoms with Crippen LogP contribution in [-0.2, 0) is 23.9 Å². The third kappa shape index (κ3) is 6.35. The van der Waals surface area contributed by atoms with Crippen LogP contribution in [0.25, 0.3) is 0 Å². The summed E-state index contributed by atoms with van der Waals surface area (Å²) in [5.41, 5.74) is 1.27. The first-order valence-electron chi connectivity index (χ1n) is 11.2. The first kappa shape index (κ1) is 25.2. The van der Waals surface area contributed by atoms with Crippen molar-refractivity contribution in [1.29, 1.82) is 0 Å². The minimum absolute atomic E-state index is 0.0368. The van der Waals surface area contributed by atoms with Crippen molar-refractivity contribution in [2.24, 2.45) is 5.92 Å². The zero-order valence-electron chi connectivity index (χ0n) is 18.7. The summed E-state index contributed by atoms with van der Waals surface area (Å²) in [7, 11) is 0. The van der Waals surface area contributed by atoms with Crippen molar-refractivity contribution in [1.82, 2.24) is 9.96 Å². The number of unbranched alkanes of at least 4 members (excludes halogenated alkanes) is 1. The number of rotatable bonds is 10. The van der Waals surface area contributed by atoms with Crippen molar-refractivity contribution >= 4 is 41.2 Å². The van der Waals surface area contributed by atoms with Crippen molar-refractivity contribution in [3.8, 4) is 0 Å². The number of benzene rings is 1. The van der Waals surface area contributed by atoms with Gasteiger partial charge in [-0.2, -0.15) is 0 Å². The van der Waals surface area contributed by atoms with Gasteiger partial charge in [-0.15, -0.1) is 0 Å². The largest absolute Gasteiger partial charge is 0.378 e. The number of halogens is 1. The summed E-state index contributed by atoms with van der Waals surface area (Å²) in [6.07, 6.45) is 2.35. The van der Waals surface area contributed by atoms with E-state index in [1.165, 1.54) is 4.90 Å². The van der Waals surface area contributed by atoms with Crippen LogP contribution in [0.3, 0.4) is 0 Å². The number of carbonyl (C=O) groups is 3. The van der Waals surface area contributed by atoms with Gasteiger partial charge in [-0.05, 0) is 18.6 Å². The summed E-state index contributed by atoms with van der Waals surface area (Å²) in [6.45, 7) is 4.38. The maximum atomic E-state index is 13.2. The molecule has 0 bridgehead atoms. The number of amides is 3. The third-order valence-corrected chi connectivity index (χ3v) is 6.16. The van der Waals surface area contributed by atoms with E-state index in [1.807, 2.05) is 19.1 Å². The third-order valence-electron chi connectivity index (χ3n) is 5.84. The normalized spacial score (nSPS) is 19.3. The van der Waals surface area contributed by atoms with Crippen LogP contribution in [0, 0.1) is 5.92 Å². The molecule has 2 saturated heterocycles. The fraction of sp³-hybridized carbons (Fsp3) is 0.591. The van der Waals surface area contributed by atoms with Crippen molar-refractivity contribution in [3.63, 3.8) is 0 Å². The second-order valence-electron chi connectivity index (χ2n) is 8.11. The lowest BCUT2D eigenvalue weighted by Crippen LogP contribution is -2.48. The van der Waals surface area contributed by atoms with Crippen LogP contribution in [-0.4, -0.2) is 85.6 Å². The number of ether oxygens (including phenoxy) is 2. The van der Waals surface area contributed by atoms with E-state index in [-0.39, 0.29) is 32.2 Å². The molecule has 2 fully saturated rings. The number of hydroxylamine groups is 2. The maximum absolute atomic E-state index is 13.2. The minimum Gasteiger partial charge on any atom is -0.378 e. The van der Waals surface area contributed by atoms with Gasteiger partial charge in [0.1, 0.15) is 12.8 Å². The number of morpholine rings is 1. The maximum Gasteiger partial charge on any atom is 0.249 e. The number of nitrogens with one attached hydrogen (secondary N) is 1. The summed E-state index contributed by atoms with van der Waals surface area (Å²) >= 11 is 6.43. The standard InChI is InChI=1S/C22H31ClN4O6/c1-2-3-5-16(12-26(31)14-28)22(30)27-15-33-13-19(27)21(29)24-20-17(23)6-4-7-18(20)25-8-10-32-11-9-25/h4,6-7,14,16,19,31H,2-3,5,8-13,15H2,1H3,(H,24,29)/t16-,19+/m1/s1. The summed E-state index contributed by atoms with van der Waals surface area (Å²) in [6, 6.07) is 4.56. The molecule has 2 heterocycles. The number of anilines is 2. The Labute approximate surface area is 198 Å². The van der Waals surface area contributed by atoms with Crippen LogP contribution in [0.4, 0.5) is 11.4 Å². The van der Waals surface area contributed by atoms with E-state index in [0.29, 0.717) is 48.5 Å². The second kappa shape index (κ2) is 12.2. The molecule has 0 saturated carbocycles. The molecular formula is C22H31ClN4O6. The van der Waals surface area contributed by atoms with Gasteiger partial charge in [0, 0.05) is 13.1 Å². The molecule has 0 radical (unpaired) electrons. The zero-order valence-corrected chi connectivity index (χ0v) is 19.5. The van der Waals surface area contributed by atoms with Gasteiger partial charge in [0.05, 0.1) is 48.7 Å². The molecular weight excluding hydrogens is 452 g/mol. The van der Waals surface area contributed by atoms with Gasteiger partial charge in [-0.25, -0.2) is 5.06 Å². The molecule has 33 heavy (non-hydrogen) atoms. The average molecular weight is 483 g/mol. The van der Waals surface area contributed by atoms with Crippen LogP contribution >= 0.6 is 11.6 Å². The fourth-order valence-corrected chi connectivity index (χ4v) is 4.25. The van der Waals surface area contributed by atoms with E-state index < -0.39 is 17.9 Å². The monoisotopic (exact) mass is 482 g/mol. The molecule has 3 amide bonds. The minimum atomic E-state index is -0.848. The number of para-hydroxylation sites is 1. The number of hydrogen-bond acceptors (Lipinski definition) is 7. The Kier molecular flexibility index (Phi) is 9.30. The molecule has 2 N–H and O–H groups in total. The van der Waals surface area contributed by atoms with Crippen LogP contribution in [0.1, 0.15) is 26.2 Å². The van der Waals surface area contributed by atoms with Gasteiger partial charge in [0.2, 0.25) is 18.2 Å². The molecule has 2 aliphatic heterocycles. The summed E-state index contributed by atoms with van der Waals surface area (Å²) < 4.78 is 10.9. The molecule has 1 aromatic rings. The first-order chi connectivity index (χ1) is 16.0. The smallest absolute Gasteiger partial charge is 0.249 e. The lowest BCUT2D eigenvalue weighted by atomic mass is 9.99. The predicted octanol–water partition coefficient (Wildman–Crippen LogP) is 1.95. The summed E-state index contributed by atoms with van der Waals surface area (Å²) in [4.78, 5) is 40.8. The van der Waals surface area contributed by atoms with Crippen LogP contribution in [0.5, 0.6) is 0 Å². The van der Waals surface area contributed by atoms with Crippen LogP contribution in [0.15, 0.2) is 18.2 Å². The van der Waals surface area contributed by atoms with Gasteiger partial charge in [-0.3, -0.25) is 19.6 Å². The molecule has 0 spiro atoms. The van der Waals surface area contributed by atoms with E-state index in [0.717, 1.165) is 18.5 Å². The Morgan fingerprint density at radius 3 is 2.79 bits per heavy atom. The number of nitrogens with zero attached hydrogens (tertiary/aromatic N) is 3. The Hall–Kier alpha value is -2.40. The molecule has 10 nitrogen and oxygen atoms in total. The van der Waals surface area contributed by atoms with Gasteiger partial charge < -0.3 is 24.6 Å². The highest BCUT2D eigenvalue weighted by Crippen LogP contribution is 2.34. The molecule has 11 heteroatoms. The van der Waals surface area contributed by atoms with Gasteiger partial charge >= 0.3 is 0 Å². The van der Waals surface area contributed by atoms with E-state index >= 15 is 0 Å². The Bertz CT molecular complexity index is 835. The SMILES string of the molecule is CCCC[C@H](CN(O)C=O)C(=O)N1COC[C@H]1C(=O)Nc1c(Cl)cccc1N1CCOCC1. The molecule has 0 unspecified atom stereocenters. The summed E-state index contributed by atoms with van der Waals surface area (Å²) in [5, 5.41) is 13.4. The topological polar surface area (TPSA) is 112 Å². The van der Waals surface area contributed by atoms with Crippen molar-refractivity contribution in [2.45, 2.75) is 32.2 Å². The molecule has 2 aliphatic rings. The van der Waals surface area contributed by atoms with E-state index in [4.69, 9.17) is 21.1 Å². The molecule has 0 aliphatic carbocycles. The highest BCUT2D eigenvalue weighted by molar-refractivity contribution is 6.34. The number of carbonyl (C=O) groups excluding carboxylic acids is 3. The van der Waals surface area contributed by atoms with Crippen molar-refractivity contribution < 1.29 is 29.1 Å². The highest BCUT2D eigenvalue weighted by atomic mass is 35.5. The lowest BCUT2D eigenvalue weighted by molar-refractivity contribution is -0.158. The Balaban J connectivity index is 1.75. The molecule has 182 valence electrons. The van der Waals surface area contributed by atoms with E-state index in [2.05, 4.69) is 10.2 Å². The van der Waals surface area contributed by atoms with E-state index in [9.17, 15) is 19.6 Å².